The van der Waals surface area contributed by atoms with Crippen LogP contribution in [0.1, 0.15) is 18.2 Å². The molecule has 0 amide bonds. The summed E-state index contributed by atoms with van der Waals surface area (Å²) in [5, 5.41) is 4.60. The van der Waals surface area contributed by atoms with Gasteiger partial charge in [0.05, 0.1) is 5.39 Å². The fraction of sp³-hybridized carbons (Fsp3) is 0.538. The lowest BCUT2D eigenvalue weighted by atomic mass is 10.1. The molecule has 20 heavy (non-hydrogen) atoms. The lowest BCUT2D eigenvalue weighted by Crippen LogP contribution is -2.16. The zero-order chi connectivity index (χ0) is 13.9. The van der Waals surface area contributed by atoms with Gasteiger partial charge in [0.1, 0.15) is 10.6 Å². The largest absolute Gasteiger partial charge is 0.369 e. The highest BCUT2D eigenvalue weighted by Gasteiger charge is 2.17. The monoisotopic (exact) mass is 309 g/mol. The number of thioether (sulfide) groups is 1. The Kier molecular flexibility index (Phi) is 4.28. The second kappa shape index (κ2) is 6.15. The first-order chi connectivity index (χ1) is 9.80. The molecule has 0 aliphatic carbocycles. The molecule has 108 valence electrons. The van der Waals surface area contributed by atoms with Gasteiger partial charge >= 0.3 is 0 Å². The van der Waals surface area contributed by atoms with Gasteiger partial charge in [-0.3, -0.25) is 5.43 Å². The molecule has 2 aromatic rings. The van der Waals surface area contributed by atoms with E-state index in [0.29, 0.717) is 5.95 Å². The zero-order valence-corrected chi connectivity index (χ0v) is 13.1. The number of hydrogen-bond donors (Lipinski definition) is 3. The van der Waals surface area contributed by atoms with Gasteiger partial charge < -0.3 is 5.32 Å². The van der Waals surface area contributed by atoms with Crippen LogP contribution in [-0.4, -0.2) is 28.0 Å². The van der Waals surface area contributed by atoms with Crippen molar-refractivity contribution in [2.24, 2.45) is 11.8 Å². The maximum Gasteiger partial charge on any atom is 0.240 e. The van der Waals surface area contributed by atoms with E-state index >= 15 is 0 Å². The van der Waals surface area contributed by atoms with Gasteiger partial charge in [-0.25, -0.2) is 10.8 Å². The molecule has 1 aliphatic rings. The van der Waals surface area contributed by atoms with Crippen molar-refractivity contribution in [2.45, 2.75) is 19.8 Å². The van der Waals surface area contributed by atoms with E-state index in [1.54, 1.807) is 11.3 Å². The fourth-order valence-corrected chi connectivity index (χ4v) is 4.58. The molecular formula is C13H19N5S2. The number of thiophene rings is 1. The topological polar surface area (TPSA) is 75.9 Å². The summed E-state index contributed by atoms with van der Waals surface area (Å²) in [6.45, 7) is 3.13. The van der Waals surface area contributed by atoms with Crippen LogP contribution in [0.3, 0.4) is 0 Å². The average Bonchev–Trinajstić information content (AvgIpc) is 3.12. The summed E-state index contributed by atoms with van der Waals surface area (Å²) in [5.74, 6) is 10.1. The quantitative estimate of drug-likeness (QED) is 0.582. The van der Waals surface area contributed by atoms with Gasteiger partial charge in [-0.15, -0.1) is 11.3 Å². The van der Waals surface area contributed by atoms with Crippen molar-refractivity contribution in [3.8, 4) is 0 Å². The lowest BCUT2D eigenvalue weighted by Gasteiger charge is -2.12. The second-order valence-corrected chi connectivity index (χ2v) is 7.20. The highest BCUT2D eigenvalue weighted by molar-refractivity contribution is 7.99. The van der Waals surface area contributed by atoms with Crippen LogP contribution >= 0.6 is 23.1 Å². The van der Waals surface area contributed by atoms with Crippen molar-refractivity contribution in [2.75, 3.05) is 28.8 Å². The van der Waals surface area contributed by atoms with Crippen molar-refractivity contribution < 1.29 is 0 Å². The van der Waals surface area contributed by atoms with Crippen LogP contribution < -0.4 is 16.6 Å². The van der Waals surface area contributed by atoms with E-state index in [2.05, 4.69) is 33.7 Å². The summed E-state index contributed by atoms with van der Waals surface area (Å²) in [5.41, 5.74) is 2.56. The van der Waals surface area contributed by atoms with E-state index in [4.69, 9.17) is 5.84 Å². The van der Waals surface area contributed by atoms with E-state index in [-0.39, 0.29) is 0 Å². The Morgan fingerprint density at radius 3 is 3.05 bits per heavy atom. The summed E-state index contributed by atoms with van der Waals surface area (Å²) >= 11 is 3.74. The number of hydrogen-bond acceptors (Lipinski definition) is 7. The van der Waals surface area contributed by atoms with Crippen molar-refractivity contribution in [3.05, 3.63) is 10.9 Å². The molecule has 0 spiro atoms. The van der Waals surface area contributed by atoms with Crippen LogP contribution in [0.4, 0.5) is 11.8 Å². The Bertz CT molecular complexity index is 592. The van der Waals surface area contributed by atoms with Crippen LogP contribution in [0.15, 0.2) is 6.07 Å². The molecule has 1 saturated heterocycles. The Morgan fingerprint density at radius 1 is 1.45 bits per heavy atom. The van der Waals surface area contributed by atoms with Gasteiger partial charge in [0.25, 0.3) is 0 Å². The second-order valence-electron chi connectivity index (χ2n) is 4.94. The highest BCUT2D eigenvalue weighted by Crippen LogP contribution is 2.31. The number of nitrogens with zero attached hydrogens (tertiary/aromatic N) is 2. The molecule has 0 bridgehead atoms. The van der Waals surface area contributed by atoms with Crippen LogP contribution in [0.25, 0.3) is 10.2 Å². The summed E-state index contributed by atoms with van der Waals surface area (Å²) in [4.78, 5) is 11.2. The SMILES string of the molecule is CCc1cc2c(NCC3CCSC3)nc(NN)nc2s1. The van der Waals surface area contributed by atoms with E-state index < -0.39 is 0 Å². The van der Waals surface area contributed by atoms with E-state index in [1.165, 1.54) is 22.8 Å². The molecule has 4 N–H and O–H groups in total. The van der Waals surface area contributed by atoms with E-state index in [1.807, 2.05) is 11.8 Å². The number of rotatable bonds is 5. The van der Waals surface area contributed by atoms with Crippen LogP contribution in [0.5, 0.6) is 0 Å². The molecule has 0 aromatic carbocycles. The summed E-state index contributed by atoms with van der Waals surface area (Å²) in [6, 6.07) is 2.19. The molecule has 7 heteroatoms. The number of aromatic nitrogens is 2. The highest BCUT2D eigenvalue weighted by atomic mass is 32.2. The number of nitrogens with one attached hydrogen (secondary N) is 2. The molecule has 0 radical (unpaired) electrons. The van der Waals surface area contributed by atoms with Crippen LogP contribution in [0.2, 0.25) is 0 Å². The minimum atomic E-state index is 0.477. The molecule has 1 aliphatic heterocycles. The number of nitrogens with two attached hydrogens (primary N) is 1. The molecule has 2 aromatic heterocycles. The first-order valence-corrected chi connectivity index (χ1v) is 8.86. The van der Waals surface area contributed by atoms with Crippen LogP contribution in [0, 0.1) is 5.92 Å². The predicted octanol–water partition coefficient (Wildman–Crippen LogP) is 2.70. The minimum Gasteiger partial charge on any atom is -0.369 e. The standard InChI is InChI=1S/C13H19N5S2/c1-2-9-5-10-11(15-6-8-3-4-19-7-8)16-13(18-14)17-12(10)20-9/h5,8H,2-4,6-7,14H2,1H3,(H2,15,16,17,18). The smallest absolute Gasteiger partial charge is 0.240 e. The van der Waals surface area contributed by atoms with Crippen molar-refractivity contribution in [3.63, 3.8) is 0 Å². The normalized spacial score (nSPS) is 18.6. The Hall–Kier alpha value is -1.05. The third kappa shape index (κ3) is 2.84. The Morgan fingerprint density at radius 2 is 2.35 bits per heavy atom. The number of aryl methyl sites for hydroxylation is 1. The van der Waals surface area contributed by atoms with Crippen LogP contribution in [-0.2, 0) is 6.42 Å². The Labute approximate surface area is 126 Å². The van der Waals surface area contributed by atoms with Crippen molar-refractivity contribution in [1.82, 2.24) is 9.97 Å². The fourth-order valence-electron chi connectivity index (χ4n) is 2.33. The first-order valence-electron chi connectivity index (χ1n) is 6.89. The van der Waals surface area contributed by atoms with Crippen molar-refractivity contribution in [1.29, 1.82) is 0 Å². The lowest BCUT2D eigenvalue weighted by molar-refractivity contribution is 0.631. The van der Waals surface area contributed by atoms with E-state index in [9.17, 15) is 0 Å². The third-order valence-electron chi connectivity index (χ3n) is 3.50. The van der Waals surface area contributed by atoms with Gasteiger partial charge in [0.15, 0.2) is 0 Å². The summed E-state index contributed by atoms with van der Waals surface area (Å²) < 4.78 is 0. The zero-order valence-electron chi connectivity index (χ0n) is 11.5. The maximum absolute atomic E-state index is 5.47. The maximum atomic E-state index is 5.47. The molecule has 3 heterocycles. The molecule has 3 rings (SSSR count). The molecule has 1 atom stereocenters. The third-order valence-corrected chi connectivity index (χ3v) is 5.91. The average molecular weight is 309 g/mol. The summed E-state index contributed by atoms with van der Waals surface area (Å²) in [7, 11) is 0. The number of fused-ring (bicyclic) bond motifs is 1. The first kappa shape index (κ1) is 13.9. The van der Waals surface area contributed by atoms with Gasteiger partial charge in [0.2, 0.25) is 5.95 Å². The molecule has 1 fully saturated rings. The predicted molar refractivity (Wildman–Crippen MR) is 88.5 cm³/mol. The molecule has 0 saturated carbocycles. The van der Waals surface area contributed by atoms with Crippen molar-refractivity contribution >= 4 is 45.1 Å². The van der Waals surface area contributed by atoms with Gasteiger partial charge in [0, 0.05) is 11.4 Å². The number of anilines is 2. The van der Waals surface area contributed by atoms with Gasteiger partial charge in [-0.05, 0) is 36.3 Å². The molecule has 1 unspecified atom stereocenters. The van der Waals surface area contributed by atoms with Gasteiger partial charge in [-0.2, -0.15) is 16.7 Å². The van der Waals surface area contributed by atoms with Gasteiger partial charge in [-0.1, -0.05) is 6.92 Å². The van der Waals surface area contributed by atoms with E-state index in [0.717, 1.165) is 34.9 Å². The Balaban J connectivity index is 1.87. The number of nitrogen functional groups attached to an aromatic ring is 1. The molecular weight excluding hydrogens is 290 g/mol. The summed E-state index contributed by atoms with van der Waals surface area (Å²) in [6.07, 6.45) is 2.31. The molecule has 5 nitrogen and oxygen atoms in total. The number of hydrazine groups is 1. The minimum absolute atomic E-state index is 0.477.